The maximum atomic E-state index is 5.67. The van der Waals surface area contributed by atoms with Gasteiger partial charge in [0.15, 0.2) is 0 Å². The zero-order valence-corrected chi connectivity index (χ0v) is 5.12. The van der Waals surface area contributed by atoms with Crippen molar-refractivity contribution in [3.05, 3.63) is 18.2 Å². The Labute approximate surface area is 53.5 Å². The van der Waals surface area contributed by atoms with Crippen LogP contribution in [0.15, 0.2) is 12.4 Å². The quantitative estimate of drug-likeness (QED) is 0.517. The number of nitrogens with zero attached hydrogens (tertiary/aromatic N) is 2. The van der Waals surface area contributed by atoms with Crippen LogP contribution >= 0.6 is 0 Å². The van der Waals surface area contributed by atoms with Gasteiger partial charge in [-0.25, -0.2) is 4.98 Å². The maximum Gasteiger partial charge on any atom is 0.110 e. The third kappa shape index (κ3) is 0.650. The molecule has 2 N–H and O–H groups in total. The van der Waals surface area contributed by atoms with Crippen LogP contribution in [0.5, 0.6) is 0 Å². The number of fused-ring (bicyclic) bond motifs is 1. The van der Waals surface area contributed by atoms with Gasteiger partial charge in [0, 0.05) is 31.4 Å². The minimum Gasteiger partial charge on any atom is -0.333 e. The van der Waals surface area contributed by atoms with Crippen LogP contribution in [0.2, 0.25) is 0 Å². The summed E-state index contributed by atoms with van der Waals surface area (Å²) in [5, 5.41) is 0. The van der Waals surface area contributed by atoms with Crippen LogP contribution in [0.4, 0.5) is 0 Å². The van der Waals surface area contributed by atoms with Crippen molar-refractivity contribution in [1.29, 1.82) is 0 Å². The van der Waals surface area contributed by atoms with Gasteiger partial charge in [0.2, 0.25) is 0 Å². The van der Waals surface area contributed by atoms with Gasteiger partial charge in [-0.1, -0.05) is 0 Å². The first kappa shape index (κ1) is 4.99. The zero-order chi connectivity index (χ0) is 6.27. The van der Waals surface area contributed by atoms with E-state index in [9.17, 15) is 0 Å². The van der Waals surface area contributed by atoms with Gasteiger partial charge in [-0.05, 0) is 0 Å². The molecule has 1 atom stereocenters. The molecule has 0 unspecified atom stereocenters. The van der Waals surface area contributed by atoms with Crippen molar-refractivity contribution < 1.29 is 0 Å². The van der Waals surface area contributed by atoms with Crippen LogP contribution in [0, 0.1) is 0 Å². The van der Waals surface area contributed by atoms with Gasteiger partial charge in [-0.3, -0.25) is 0 Å². The van der Waals surface area contributed by atoms with Crippen LogP contribution in [-0.2, 0) is 13.0 Å². The molecule has 1 aromatic rings. The van der Waals surface area contributed by atoms with Crippen LogP contribution in [0.1, 0.15) is 5.82 Å². The third-order valence-corrected chi connectivity index (χ3v) is 1.68. The van der Waals surface area contributed by atoms with E-state index in [0.717, 1.165) is 18.8 Å². The lowest BCUT2D eigenvalue weighted by molar-refractivity contribution is 0.641. The Morgan fingerprint density at radius 2 is 2.67 bits per heavy atom. The molecule has 0 aliphatic carbocycles. The molecule has 3 heteroatoms. The SMILES string of the molecule is N[C@@H]1Cc2nccn2C1. The molecule has 2 rings (SSSR count). The number of imidazole rings is 1. The molecule has 0 amide bonds. The Morgan fingerprint density at radius 1 is 1.78 bits per heavy atom. The zero-order valence-electron chi connectivity index (χ0n) is 5.12. The first-order valence-electron chi connectivity index (χ1n) is 3.12. The molecule has 3 nitrogen and oxygen atoms in total. The summed E-state index contributed by atoms with van der Waals surface area (Å²) in [5.41, 5.74) is 5.67. The maximum absolute atomic E-state index is 5.67. The van der Waals surface area contributed by atoms with E-state index in [1.807, 2.05) is 12.4 Å². The number of hydrogen-bond donors (Lipinski definition) is 1. The van der Waals surface area contributed by atoms with Gasteiger partial charge in [0.05, 0.1) is 0 Å². The summed E-state index contributed by atoms with van der Waals surface area (Å²) in [4.78, 5) is 4.13. The highest BCUT2D eigenvalue weighted by Crippen LogP contribution is 2.09. The Kier molecular flexibility index (Phi) is 0.873. The monoisotopic (exact) mass is 123 g/mol. The molecule has 1 aliphatic heterocycles. The molecule has 0 aromatic carbocycles. The fraction of sp³-hybridized carbons (Fsp3) is 0.500. The average molecular weight is 123 g/mol. The van der Waals surface area contributed by atoms with E-state index in [2.05, 4.69) is 9.55 Å². The number of nitrogens with two attached hydrogens (primary N) is 1. The average Bonchev–Trinajstić information content (AvgIpc) is 2.22. The molecule has 1 aliphatic rings. The lowest BCUT2D eigenvalue weighted by Crippen LogP contribution is -2.20. The second-order valence-corrected chi connectivity index (χ2v) is 2.46. The molecule has 0 bridgehead atoms. The molecule has 0 fully saturated rings. The van der Waals surface area contributed by atoms with E-state index >= 15 is 0 Å². The van der Waals surface area contributed by atoms with Crippen molar-refractivity contribution in [2.45, 2.75) is 19.0 Å². The van der Waals surface area contributed by atoms with Crippen molar-refractivity contribution in [1.82, 2.24) is 9.55 Å². The van der Waals surface area contributed by atoms with Crippen molar-refractivity contribution in [3.63, 3.8) is 0 Å². The smallest absolute Gasteiger partial charge is 0.110 e. The van der Waals surface area contributed by atoms with Crippen molar-refractivity contribution in [2.24, 2.45) is 5.73 Å². The highest BCUT2D eigenvalue weighted by Gasteiger charge is 2.16. The Balaban J connectivity index is 2.39. The Bertz CT molecular complexity index is 195. The van der Waals surface area contributed by atoms with Crippen LogP contribution < -0.4 is 5.73 Å². The Morgan fingerprint density at radius 3 is 3.44 bits per heavy atom. The van der Waals surface area contributed by atoms with Crippen molar-refractivity contribution >= 4 is 0 Å². The summed E-state index contributed by atoms with van der Waals surface area (Å²) in [6.45, 7) is 0.940. The molecule has 9 heavy (non-hydrogen) atoms. The fourth-order valence-corrected chi connectivity index (χ4v) is 1.25. The summed E-state index contributed by atoms with van der Waals surface area (Å²) < 4.78 is 2.10. The predicted molar refractivity (Wildman–Crippen MR) is 33.9 cm³/mol. The summed E-state index contributed by atoms with van der Waals surface area (Å²) in [6, 6.07) is 0.300. The lowest BCUT2D eigenvalue weighted by atomic mass is 10.3. The molecule has 0 saturated heterocycles. The molecule has 48 valence electrons. The summed E-state index contributed by atoms with van der Waals surface area (Å²) >= 11 is 0. The van der Waals surface area contributed by atoms with Gasteiger partial charge < -0.3 is 10.3 Å². The highest BCUT2D eigenvalue weighted by atomic mass is 15.1. The van der Waals surface area contributed by atoms with E-state index in [1.165, 1.54) is 0 Å². The Hall–Kier alpha value is -0.830. The van der Waals surface area contributed by atoms with E-state index in [-0.39, 0.29) is 0 Å². The molecule has 0 spiro atoms. The second kappa shape index (κ2) is 1.57. The number of rotatable bonds is 0. The van der Waals surface area contributed by atoms with Gasteiger partial charge in [0.1, 0.15) is 5.82 Å². The summed E-state index contributed by atoms with van der Waals surface area (Å²) in [7, 11) is 0. The molecule has 1 aromatic heterocycles. The van der Waals surface area contributed by atoms with E-state index in [0.29, 0.717) is 6.04 Å². The van der Waals surface area contributed by atoms with E-state index in [1.54, 1.807) is 0 Å². The van der Waals surface area contributed by atoms with Gasteiger partial charge >= 0.3 is 0 Å². The van der Waals surface area contributed by atoms with E-state index < -0.39 is 0 Å². The first-order chi connectivity index (χ1) is 4.36. The van der Waals surface area contributed by atoms with Gasteiger partial charge in [0.25, 0.3) is 0 Å². The molecule has 2 heterocycles. The number of aromatic nitrogens is 2. The topological polar surface area (TPSA) is 43.8 Å². The van der Waals surface area contributed by atoms with Crippen molar-refractivity contribution in [3.8, 4) is 0 Å². The lowest BCUT2D eigenvalue weighted by Gasteiger charge is -1.95. The normalized spacial score (nSPS) is 24.3. The predicted octanol–water partition coefficient (Wildman–Crippen LogP) is -0.234. The molecular formula is C6H9N3. The van der Waals surface area contributed by atoms with Crippen LogP contribution in [0.25, 0.3) is 0 Å². The largest absolute Gasteiger partial charge is 0.333 e. The second-order valence-electron chi connectivity index (χ2n) is 2.46. The van der Waals surface area contributed by atoms with Gasteiger partial charge in [-0.2, -0.15) is 0 Å². The molecular weight excluding hydrogens is 114 g/mol. The number of hydrogen-bond acceptors (Lipinski definition) is 2. The highest BCUT2D eigenvalue weighted by molar-refractivity contribution is 5.01. The van der Waals surface area contributed by atoms with Gasteiger partial charge in [-0.15, -0.1) is 0 Å². The standard InChI is InChI=1S/C6H9N3/c7-5-3-6-8-1-2-9(6)4-5/h1-2,5H,3-4,7H2/t5-/m1/s1. The molecule has 0 radical (unpaired) electrons. The minimum absolute atomic E-state index is 0.300. The fourth-order valence-electron chi connectivity index (χ4n) is 1.25. The van der Waals surface area contributed by atoms with Crippen LogP contribution in [-0.4, -0.2) is 15.6 Å². The van der Waals surface area contributed by atoms with Crippen molar-refractivity contribution in [2.75, 3.05) is 0 Å². The minimum atomic E-state index is 0.300. The first-order valence-corrected chi connectivity index (χ1v) is 3.12. The summed E-state index contributed by atoms with van der Waals surface area (Å²) in [6.07, 6.45) is 4.73. The van der Waals surface area contributed by atoms with Crippen LogP contribution in [0.3, 0.4) is 0 Å². The molecule has 0 saturated carbocycles. The third-order valence-electron chi connectivity index (χ3n) is 1.68. The summed E-state index contributed by atoms with van der Waals surface area (Å²) in [5.74, 6) is 1.13. The van der Waals surface area contributed by atoms with E-state index in [4.69, 9.17) is 5.73 Å².